The van der Waals surface area contributed by atoms with Crippen molar-refractivity contribution in [2.24, 2.45) is 4.99 Å². The minimum Gasteiger partial charge on any atom is -0.357 e. The van der Waals surface area contributed by atoms with Crippen LogP contribution >= 0.6 is 24.0 Å². The van der Waals surface area contributed by atoms with Crippen LogP contribution in [0.4, 0.5) is 0 Å². The van der Waals surface area contributed by atoms with Crippen LogP contribution in [0.2, 0.25) is 0 Å². The maximum Gasteiger partial charge on any atom is 0.243 e. The number of halogens is 1. The van der Waals surface area contributed by atoms with Crippen molar-refractivity contribution >= 4 is 45.9 Å². The van der Waals surface area contributed by atoms with Crippen molar-refractivity contribution in [3.8, 4) is 0 Å². The highest BCUT2D eigenvalue weighted by atomic mass is 127. The molecule has 0 saturated carbocycles. The first kappa shape index (κ1) is 25.9. The SMILES string of the molecule is CCNC(=NCc1ccc(S(=O)(=O)N2CCCC2)cc1)NC1CCN(C(=O)CC)C1.I. The lowest BCUT2D eigenvalue weighted by molar-refractivity contribution is -0.129. The summed E-state index contributed by atoms with van der Waals surface area (Å²) in [7, 11) is -3.39. The molecule has 2 aliphatic heterocycles. The fourth-order valence-electron chi connectivity index (χ4n) is 3.86. The van der Waals surface area contributed by atoms with Crippen LogP contribution in [0.5, 0.6) is 0 Å². The third-order valence-corrected chi connectivity index (χ3v) is 7.49. The van der Waals surface area contributed by atoms with E-state index in [9.17, 15) is 13.2 Å². The molecule has 1 aromatic rings. The number of nitrogens with one attached hydrogen (secondary N) is 2. The Balaban J connectivity index is 0.00000341. The van der Waals surface area contributed by atoms with Crippen molar-refractivity contribution in [3.05, 3.63) is 29.8 Å². The molecule has 2 saturated heterocycles. The quantitative estimate of drug-likeness (QED) is 0.302. The van der Waals surface area contributed by atoms with E-state index in [2.05, 4.69) is 15.6 Å². The van der Waals surface area contributed by atoms with E-state index >= 15 is 0 Å². The number of amides is 1. The molecule has 0 aromatic heterocycles. The molecule has 10 heteroatoms. The van der Waals surface area contributed by atoms with Crippen molar-refractivity contribution < 1.29 is 13.2 Å². The van der Waals surface area contributed by atoms with E-state index in [0.717, 1.165) is 37.9 Å². The largest absolute Gasteiger partial charge is 0.357 e. The second-order valence-corrected chi connectivity index (χ2v) is 9.71. The first-order valence-corrected chi connectivity index (χ1v) is 12.3. The van der Waals surface area contributed by atoms with Crippen LogP contribution in [0.15, 0.2) is 34.2 Å². The highest BCUT2D eigenvalue weighted by Gasteiger charge is 2.27. The zero-order valence-corrected chi connectivity index (χ0v) is 21.5. The number of rotatable bonds is 7. The summed E-state index contributed by atoms with van der Waals surface area (Å²) in [6.45, 7) is 7.76. The van der Waals surface area contributed by atoms with Gasteiger partial charge in [-0.3, -0.25) is 4.79 Å². The Morgan fingerprint density at radius 3 is 2.42 bits per heavy atom. The summed E-state index contributed by atoms with van der Waals surface area (Å²) in [5.74, 6) is 0.896. The lowest BCUT2D eigenvalue weighted by atomic mass is 10.2. The summed E-state index contributed by atoms with van der Waals surface area (Å²) >= 11 is 0. The van der Waals surface area contributed by atoms with E-state index in [1.807, 2.05) is 30.9 Å². The molecule has 31 heavy (non-hydrogen) atoms. The third kappa shape index (κ3) is 6.79. The molecule has 1 atom stereocenters. The van der Waals surface area contributed by atoms with Crippen LogP contribution in [-0.4, -0.2) is 68.3 Å². The molecule has 3 rings (SSSR count). The van der Waals surface area contributed by atoms with Crippen molar-refractivity contribution in [1.29, 1.82) is 0 Å². The molecule has 174 valence electrons. The van der Waals surface area contributed by atoms with Gasteiger partial charge in [0.1, 0.15) is 0 Å². The summed E-state index contributed by atoms with van der Waals surface area (Å²) < 4.78 is 26.8. The molecule has 2 heterocycles. The van der Waals surface area contributed by atoms with Crippen LogP contribution in [0.3, 0.4) is 0 Å². The molecular weight excluding hydrogens is 529 g/mol. The first-order valence-electron chi connectivity index (χ1n) is 10.9. The predicted molar refractivity (Wildman–Crippen MR) is 133 cm³/mol. The Bertz CT molecular complexity index is 854. The number of carbonyl (C=O) groups excluding carboxylic acids is 1. The fourth-order valence-corrected chi connectivity index (χ4v) is 5.37. The van der Waals surface area contributed by atoms with E-state index in [0.29, 0.717) is 43.5 Å². The van der Waals surface area contributed by atoms with Gasteiger partial charge < -0.3 is 15.5 Å². The Labute approximate surface area is 202 Å². The minimum absolute atomic E-state index is 0. The predicted octanol–water partition coefficient (Wildman–Crippen LogP) is 2.16. The maximum atomic E-state index is 12.6. The smallest absolute Gasteiger partial charge is 0.243 e. The normalized spacial score (nSPS) is 19.9. The van der Waals surface area contributed by atoms with Gasteiger partial charge in [-0.25, -0.2) is 13.4 Å². The topological polar surface area (TPSA) is 94.1 Å². The molecular formula is C21H34IN5O3S. The Hall–Kier alpha value is -1.40. The van der Waals surface area contributed by atoms with E-state index in [-0.39, 0.29) is 35.9 Å². The number of carbonyl (C=O) groups is 1. The average molecular weight is 564 g/mol. The monoisotopic (exact) mass is 563 g/mol. The van der Waals surface area contributed by atoms with Gasteiger partial charge in [-0.2, -0.15) is 4.31 Å². The van der Waals surface area contributed by atoms with Gasteiger partial charge in [0, 0.05) is 45.2 Å². The molecule has 0 bridgehead atoms. The van der Waals surface area contributed by atoms with Gasteiger partial charge in [0.05, 0.1) is 11.4 Å². The number of hydrogen-bond acceptors (Lipinski definition) is 4. The molecule has 8 nitrogen and oxygen atoms in total. The number of guanidine groups is 1. The minimum atomic E-state index is -3.39. The van der Waals surface area contributed by atoms with Crippen molar-refractivity contribution in [1.82, 2.24) is 19.8 Å². The van der Waals surface area contributed by atoms with Gasteiger partial charge in [-0.1, -0.05) is 19.1 Å². The molecule has 0 spiro atoms. The van der Waals surface area contributed by atoms with Crippen molar-refractivity contribution in [3.63, 3.8) is 0 Å². The molecule has 2 fully saturated rings. The summed E-state index contributed by atoms with van der Waals surface area (Å²) in [4.78, 5) is 18.7. The number of sulfonamides is 1. The van der Waals surface area contributed by atoms with Crippen LogP contribution < -0.4 is 10.6 Å². The number of nitrogens with zero attached hydrogens (tertiary/aromatic N) is 3. The van der Waals surface area contributed by atoms with Crippen molar-refractivity contribution in [2.45, 2.75) is 57.0 Å². The molecule has 1 amide bonds. The molecule has 2 N–H and O–H groups in total. The summed E-state index contributed by atoms with van der Waals surface area (Å²) in [5, 5.41) is 6.65. The van der Waals surface area contributed by atoms with Gasteiger partial charge in [0.25, 0.3) is 0 Å². The Kier molecular flexibility index (Phi) is 10.0. The van der Waals surface area contributed by atoms with Gasteiger partial charge in [-0.05, 0) is 43.9 Å². The van der Waals surface area contributed by atoms with E-state index in [1.54, 1.807) is 16.4 Å². The van der Waals surface area contributed by atoms with Crippen LogP contribution in [-0.2, 0) is 21.4 Å². The summed E-state index contributed by atoms with van der Waals surface area (Å²) in [6, 6.07) is 7.18. The summed E-state index contributed by atoms with van der Waals surface area (Å²) in [6.07, 6.45) is 3.29. The molecule has 2 aliphatic rings. The second-order valence-electron chi connectivity index (χ2n) is 7.77. The molecule has 0 radical (unpaired) electrons. The van der Waals surface area contributed by atoms with Crippen LogP contribution in [0, 0.1) is 0 Å². The van der Waals surface area contributed by atoms with Gasteiger partial charge in [0.15, 0.2) is 5.96 Å². The lowest BCUT2D eigenvalue weighted by Crippen LogP contribution is -2.45. The number of hydrogen-bond donors (Lipinski definition) is 2. The fraction of sp³-hybridized carbons (Fsp3) is 0.619. The zero-order valence-electron chi connectivity index (χ0n) is 18.3. The third-order valence-electron chi connectivity index (χ3n) is 5.57. The summed E-state index contributed by atoms with van der Waals surface area (Å²) in [5.41, 5.74) is 0.946. The average Bonchev–Trinajstić information content (AvgIpc) is 3.44. The first-order chi connectivity index (χ1) is 14.4. The molecule has 1 aromatic carbocycles. The number of likely N-dealkylation sites (tertiary alicyclic amines) is 1. The highest BCUT2D eigenvalue weighted by Crippen LogP contribution is 2.21. The number of benzene rings is 1. The Morgan fingerprint density at radius 2 is 1.81 bits per heavy atom. The van der Waals surface area contributed by atoms with Gasteiger partial charge >= 0.3 is 0 Å². The molecule has 0 aliphatic carbocycles. The highest BCUT2D eigenvalue weighted by molar-refractivity contribution is 14.0. The van der Waals surface area contributed by atoms with Gasteiger partial charge in [-0.15, -0.1) is 24.0 Å². The van der Waals surface area contributed by atoms with Gasteiger partial charge in [0.2, 0.25) is 15.9 Å². The van der Waals surface area contributed by atoms with E-state index < -0.39 is 10.0 Å². The van der Waals surface area contributed by atoms with Crippen LogP contribution in [0.1, 0.15) is 45.1 Å². The number of aliphatic imine (C=N–C) groups is 1. The Morgan fingerprint density at radius 1 is 1.13 bits per heavy atom. The standard InChI is InChI=1S/C21H33N5O3S.HI/c1-3-20(27)25-14-11-18(16-25)24-21(22-4-2)23-15-17-7-9-19(10-8-17)30(28,29)26-12-5-6-13-26;/h7-10,18H,3-6,11-16H2,1-2H3,(H2,22,23,24);1H. The zero-order chi connectivity index (χ0) is 21.6. The van der Waals surface area contributed by atoms with E-state index in [1.165, 1.54) is 0 Å². The lowest BCUT2D eigenvalue weighted by Gasteiger charge is -2.18. The second kappa shape index (κ2) is 12.0. The molecule has 1 unspecified atom stereocenters. The van der Waals surface area contributed by atoms with Crippen LogP contribution in [0.25, 0.3) is 0 Å². The maximum absolute atomic E-state index is 12.6. The van der Waals surface area contributed by atoms with E-state index in [4.69, 9.17) is 0 Å². The van der Waals surface area contributed by atoms with Crippen molar-refractivity contribution in [2.75, 3.05) is 32.7 Å².